The molecular formula is C17H16N2O2. The number of carbonyl (C=O) groups is 1. The van der Waals surface area contributed by atoms with Crippen LogP contribution in [0, 0.1) is 6.92 Å². The van der Waals surface area contributed by atoms with E-state index in [0.717, 1.165) is 11.3 Å². The first kappa shape index (κ1) is 13.4. The molecule has 1 N–H and O–H groups in total. The number of hydrogen-bond donors (Lipinski definition) is 1. The van der Waals surface area contributed by atoms with E-state index in [9.17, 15) is 4.79 Å². The summed E-state index contributed by atoms with van der Waals surface area (Å²) in [5.74, 6) is 0.560. The molecule has 0 aliphatic carbocycles. The normalized spacial score (nSPS) is 16.0. The molecule has 0 atom stereocenters. The molecule has 0 radical (unpaired) electrons. The van der Waals surface area contributed by atoms with Crippen molar-refractivity contribution in [3.63, 3.8) is 0 Å². The van der Waals surface area contributed by atoms with Crippen LogP contribution in [0.1, 0.15) is 22.3 Å². The summed E-state index contributed by atoms with van der Waals surface area (Å²) >= 11 is 0. The Morgan fingerprint density at radius 3 is 2.76 bits per heavy atom. The van der Waals surface area contributed by atoms with Crippen LogP contribution in [0.25, 0.3) is 0 Å². The number of benzene rings is 2. The van der Waals surface area contributed by atoms with Crippen LogP contribution in [0.4, 0.5) is 5.69 Å². The molecule has 3 rings (SSSR count). The second-order valence-electron chi connectivity index (χ2n) is 4.96. The van der Waals surface area contributed by atoms with Crippen LogP contribution in [0.5, 0.6) is 5.75 Å². The fourth-order valence-electron chi connectivity index (χ4n) is 2.23. The molecule has 4 heteroatoms. The zero-order chi connectivity index (χ0) is 14.7. The molecule has 0 aromatic heterocycles. The van der Waals surface area contributed by atoms with Gasteiger partial charge in [-0.15, -0.1) is 0 Å². The van der Waals surface area contributed by atoms with Crippen LogP contribution in [0.2, 0.25) is 0 Å². The van der Waals surface area contributed by atoms with E-state index in [0.29, 0.717) is 30.1 Å². The van der Waals surface area contributed by atoms with Crippen molar-refractivity contribution in [2.75, 3.05) is 12.0 Å². The van der Waals surface area contributed by atoms with E-state index in [1.165, 1.54) is 0 Å². The Morgan fingerprint density at radius 2 is 1.95 bits per heavy atom. The van der Waals surface area contributed by atoms with Gasteiger partial charge >= 0.3 is 0 Å². The average molecular weight is 280 g/mol. The molecule has 4 nitrogen and oxygen atoms in total. The van der Waals surface area contributed by atoms with Crippen molar-refractivity contribution in [1.29, 1.82) is 0 Å². The molecule has 106 valence electrons. The van der Waals surface area contributed by atoms with Crippen molar-refractivity contribution in [3.05, 3.63) is 59.7 Å². The maximum Gasteiger partial charge on any atom is 0.212 e. The van der Waals surface area contributed by atoms with Crippen LogP contribution in [0.15, 0.2) is 53.6 Å². The predicted molar refractivity (Wildman–Crippen MR) is 83.1 cm³/mol. The zero-order valence-corrected chi connectivity index (χ0v) is 11.8. The highest BCUT2D eigenvalue weighted by Gasteiger charge is 2.22. The summed E-state index contributed by atoms with van der Waals surface area (Å²) in [5.41, 5.74) is 5.89. The summed E-state index contributed by atoms with van der Waals surface area (Å²) in [6.45, 7) is 2.41. The van der Waals surface area contributed by atoms with Gasteiger partial charge in [0.15, 0.2) is 0 Å². The number of ketones is 1. The summed E-state index contributed by atoms with van der Waals surface area (Å²) in [4.78, 5) is 12.6. The van der Waals surface area contributed by atoms with Crippen molar-refractivity contribution in [1.82, 2.24) is 0 Å². The maximum absolute atomic E-state index is 12.6. The highest BCUT2D eigenvalue weighted by molar-refractivity contribution is 6.46. The number of aryl methyl sites for hydroxylation is 1. The molecule has 1 aliphatic heterocycles. The molecule has 2 aromatic rings. The van der Waals surface area contributed by atoms with Crippen molar-refractivity contribution in [2.45, 2.75) is 13.3 Å². The lowest BCUT2D eigenvalue weighted by Gasteiger charge is -2.06. The van der Waals surface area contributed by atoms with E-state index in [1.807, 2.05) is 55.5 Å². The summed E-state index contributed by atoms with van der Waals surface area (Å²) in [5, 5.41) is 4.26. The first-order chi connectivity index (χ1) is 10.2. The highest BCUT2D eigenvalue weighted by Crippen LogP contribution is 2.24. The Hall–Kier alpha value is -2.62. The van der Waals surface area contributed by atoms with Gasteiger partial charge in [0.05, 0.1) is 17.9 Å². The van der Waals surface area contributed by atoms with Crippen molar-refractivity contribution < 1.29 is 9.53 Å². The average Bonchev–Trinajstić information content (AvgIpc) is 2.66. The standard InChI is InChI=1S/C17H16N2O2/c1-12-7-8-16-14(11-12)17(20)15(9-10-21-16)19-18-13-5-3-2-4-6-13/h2-8,11,18H,9-10H2,1H3/b19-15-. The maximum atomic E-state index is 12.6. The van der Waals surface area contributed by atoms with Gasteiger partial charge in [0, 0.05) is 6.42 Å². The SMILES string of the molecule is Cc1ccc2c(c1)C(=O)/C(=N\Nc1ccccc1)CCO2. The molecule has 0 saturated carbocycles. The molecule has 0 unspecified atom stereocenters. The minimum Gasteiger partial charge on any atom is -0.492 e. The summed E-state index contributed by atoms with van der Waals surface area (Å²) < 4.78 is 5.63. The molecular weight excluding hydrogens is 264 g/mol. The summed E-state index contributed by atoms with van der Waals surface area (Å²) in [6.07, 6.45) is 0.492. The number of fused-ring (bicyclic) bond motifs is 1. The van der Waals surface area contributed by atoms with Crippen LogP contribution in [0.3, 0.4) is 0 Å². The van der Waals surface area contributed by atoms with Crippen LogP contribution >= 0.6 is 0 Å². The number of carbonyl (C=O) groups excluding carboxylic acids is 1. The number of ether oxygens (including phenoxy) is 1. The van der Waals surface area contributed by atoms with Gasteiger partial charge in [-0.25, -0.2) is 0 Å². The van der Waals surface area contributed by atoms with Crippen molar-refractivity contribution in [2.24, 2.45) is 5.10 Å². The smallest absolute Gasteiger partial charge is 0.212 e. The first-order valence-corrected chi connectivity index (χ1v) is 6.90. The lowest BCUT2D eigenvalue weighted by atomic mass is 10.0. The predicted octanol–water partition coefficient (Wildman–Crippen LogP) is 3.43. The Labute approximate surface area is 123 Å². The molecule has 0 spiro atoms. The fourth-order valence-corrected chi connectivity index (χ4v) is 2.23. The first-order valence-electron chi connectivity index (χ1n) is 6.90. The van der Waals surface area contributed by atoms with Gasteiger partial charge in [-0.05, 0) is 31.2 Å². The van der Waals surface area contributed by atoms with Gasteiger partial charge in [0.2, 0.25) is 5.78 Å². The van der Waals surface area contributed by atoms with E-state index >= 15 is 0 Å². The quantitative estimate of drug-likeness (QED) is 0.857. The second kappa shape index (κ2) is 5.79. The third-order valence-electron chi connectivity index (χ3n) is 3.33. The number of anilines is 1. The van der Waals surface area contributed by atoms with E-state index in [2.05, 4.69) is 10.5 Å². The molecule has 0 amide bonds. The lowest BCUT2D eigenvalue weighted by Crippen LogP contribution is -2.15. The Morgan fingerprint density at radius 1 is 1.14 bits per heavy atom. The Balaban J connectivity index is 1.88. The molecule has 0 fully saturated rings. The number of hydrazone groups is 1. The molecule has 1 aliphatic rings. The number of nitrogens with zero attached hydrogens (tertiary/aromatic N) is 1. The largest absolute Gasteiger partial charge is 0.492 e. The van der Waals surface area contributed by atoms with Gasteiger partial charge in [-0.2, -0.15) is 5.10 Å². The molecule has 1 heterocycles. The Kier molecular flexibility index (Phi) is 3.69. The van der Waals surface area contributed by atoms with Gasteiger partial charge in [0.25, 0.3) is 0 Å². The van der Waals surface area contributed by atoms with Crippen LogP contribution < -0.4 is 10.2 Å². The molecule has 21 heavy (non-hydrogen) atoms. The van der Waals surface area contributed by atoms with Crippen LogP contribution in [-0.2, 0) is 0 Å². The number of hydrogen-bond acceptors (Lipinski definition) is 4. The highest BCUT2D eigenvalue weighted by atomic mass is 16.5. The molecule has 2 aromatic carbocycles. The zero-order valence-electron chi connectivity index (χ0n) is 11.8. The van der Waals surface area contributed by atoms with Crippen molar-refractivity contribution in [3.8, 4) is 5.75 Å². The van der Waals surface area contributed by atoms with Gasteiger partial charge in [-0.3, -0.25) is 10.2 Å². The topological polar surface area (TPSA) is 50.7 Å². The second-order valence-corrected chi connectivity index (χ2v) is 4.96. The van der Waals surface area contributed by atoms with E-state index < -0.39 is 0 Å². The van der Waals surface area contributed by atoms with E-state index in [4.69, 9.17) is 4.74 Å². The molecule has 0 saturated heterocycles. The summed E-state index contributed by atoms with van der Waals surface area (Å²) in [7, 11) is 0. The molecule has 0 bridgehead atoms. The van der Waals surface area contributed by atoms with Crippen molar-refractivity contribution >= 4 is 17.2 Å². The third kappa shape index (κ3) is 2.94. The summed E-state index contributed by atoms with van der Waals surface area (Å²) in [6, 6.07) is 15.2. The third-order valence-corrected chi connectivity index (χ3v) is 3.33. The number of para-hydroxylation sites is 1. The van der Waals surface area contributed by atoms with Crippen LogP contribution in [-0.4, -0.2) is 18.1 Å². The minimum absolute atomic E-state index is 0.0744. The van der Waals surface area contributed by atoms with E-state index in [-0.39, 0.29) is 5.78 Å². The monoisotopic (exact) mass is 280 g/mol. The van der Waals surface area contributed by atoms with Gasteiger partial charge < -0.3 is 4.74 Å². The Bertz CT molecular complexity index is 693. The number of Topliss-reactive ketones (excluding diaryl/α,β-unsaturated/α-hetero) is 1. The minimum atomic E-state index is -0.0744. The lowest BCUT2D eigenvalue weighted by molar-refractivity contribution is 0.106. The van der Waals surface area contributed by atoms with Gasteiger partial charge in [-0.1, -0.05) is 29.8 Å². The van der Waals surface area contributed by atoms with Gasteiger partial charge in [0.1, 0.15) is 11.5 Å². The fraction of sp³-hybridized carbons (Fsp3) is 0.176. The van der Waals surface area contributed by atoms with E-state index in [1.54, 1.807) is 0 Å². The number of nitrogens with one attached hydrogen (secondary N) is 1. The number of rotatable bonds is 2.